The van der Waals surface area contributed by atoms with Gasteiger partial charge in [0.1, 0.15) is 0 Å². The number of rotatable bonds is 5. The number of ether oxygens (including phenoxy) is 1. The third-order valence-electron chi connectivity index (χ3n) is 7.03. The molecule has 39 heavy (non-hydrogen) atoms. The van der Waals surface area contributed by atoms with Crippen LogP contribution < -0.4 is 10.1 Å². The molecule has 1 amide bonds. The van der Waals surface area contributed by atoms with Crippen molar-refractivity contribution >= 4 is 27.5 Å². The number of carbonyl (C=O) groups excluding carboxylic acids is 1. The van der Waals surface area contributed by atoms with Crippen LogP contribution in [0.3, 0.4) is 0 Å². The number of anilines is 1. The van der Waals surface area contributed by atoms with Gasteiger partial charge in [-0.1, -0.05) is 52.3 Å². The zero-order valence-corrected chi connectivity index (χ0v) is 23.7. The molecule has 1 aromatic heterocycles. The Balaban J connectivity index is 1.45. The maximum Gasteiger partial charge on any atom is 0.254 e. The molecule has 2 heterocycles. The highest BCUT2D eigenvalue weighted by Gasteiger charge is 2.20. The average molecular weight is 586 g/mol. The summed E-state index contributed by atoms with van der Waals surface area (Å²) >= 11 is 3.49. The number of benzene rings is 3. The van der Waals surface area contributed by atoms with Crippen molar-refractivity contribution in [3.05, 3.63) is 112 Å². The Kier molecular flexibility index (Phi) is 8.91. The van der Waals surface area contributed by atoms with E-state index in [0.717, 1.165) is 59.5 Å². The first-order chi connectivity index (χ1) is 19.1. The van der Waals surface area contributed by atoms with E-state index in [1.165, 1.54) is 5.56 Å². The lowest BCUT2D eigenvalue weighted by Crippen LogP contribution is -2.38. The molecule has 4 aromatic rings. The lowest BCUT2D eigenvalue weighted by molar-refractivity contribution is 0.0720. The minimum absolute atomic E-state index is 0.0314. The Morgan fingerprint density at radius 2 is 1.74 bits per heavy atom. The molecule has 1 N–H and O–H groups in total. The van der Waals surface area contributed by atoms with Gasteiger partial charge >= 0.3 is 0 Å². The van der Waals surface area contributed by atoms with Crippen LogP contribution in [0.15, 0.2) is 95.6 Å². The van der Waals surface area contributed by atoms with Gasteiger partial charge in [0.15, 0.2) is 0 Å². The van der Waals surface area contributed by atoms with Crippen molar-refractivity contribution < 1.29 is 9.53 Å². The molecule has 0 fully saturated rings. The Morgan fingerprint density at radius 1 is 0.949 bits per heavy atom. The molecule has 7 heteroatoms. The van der Waals surface area contributed by atoms with Crippen LogP contribution in [0.2, 0.25) is 0 Å². The number of aromatic nitrogens is 1. The summed E-state index contributed by atoms with van der Waals surface area (Å²) in [5, 5.41) is 3.64. The standard InChI is InChI=1S/C32H33BrN4O2/c1-39-31-15-11-27(21-35-31)26-10-14-30-28(20-26)23-37(32(38)25-8-12-29(33)13-9-25)19-18-36(17-5-16-34-30)22-24-6-3-2-4-7-24/h2-4,6-15,20-21,34H,5,16-19,22-23H2,1H3. The number of pyridine rings is 1. The van der Waals surface area contributed by atoms with E-state index in [1.54, 1.807) is 7.11 Å². The Morgan fingerprint density at radius 3 is 2.49 bits per heavy atom. The van der Waals surface area contributed by atoms with Gasteiger partial charge in [-0.3, -0.25) is 9.69 Å². The van der Waals surface area contributed by atoms with Crippen LogP contribution in [0.25, 0.3) is 11.1 Å². The molecule has 0 saturated carbocycles. The molecule has 0 spiro atoms. The van der Waals surface area contributed by atoms with Crippen molar-refractivity contribution in [2.24, 2.45) is 0 Å². The van der Waals surface area contributed by atoms with Gasteiger partial charge in [-0.2, -0.15) is 0 Å². The van der Waals surface area contributed by atoms with Gasteiger partial charge in [0, 0.05) is 72.8 Å². The van der Waals surface area contributed by atoms with E-state index in [0.29, 0.717) is 24.5 Å². The summed E-state index contributed by atoms with van der Waals surface area (Å²) in [6.07, 6.45) is 2.84. The van der Waals surface area contributed by atoms with E-state index in [4.69, 9.17) is 4.74 Å². The molecule has 1 aliphatic rings. The summed E-state index contributed by atoms with van der Waals surface area (Å²) in [5.41, 5.74) is 6.19. The lowest BCUT2D eigenvalue weighted by atomic mass is 10.0. The van der Waals surface area contributed by atoms with Crippen LogP contribution in [0.5, 0.6) is 5.88 Å². The molecule has 0 radical (unpaired) electrons. The van der Waals surface area contributed by atoms with Crippen molar-refractivity contribution in [3.63, 3.8) is 0 Å². The van der Waals surface area contributed by atoms with Gasteiger partial charge in [-0.05, 0) is 65.6 Å². The minimum Gasteiger partial charge on any atom is -0.481 e. The number of carbonyl (C=O) groups is 1. The van der Waals surface area contributed by atoms with Crippen LogP contribution in [-0.2, 0) is 13.1 Å². The summed E-state index contributed by atoms with van der Waals surface area (Å²) < 4.78 is 6.18. The van der Waals surface area contributed by atoms with Gasteiger partial charge in [0.05, 0.1) is 7.11 Å². The Hall–Kier alpha value is -3.68. The molecular formula is C32H33BrN4O2. The third kappa shape index (κ3) is 7.05. The Bertz CT molecular complexity index is 1380. The summed E-state index contributed by atoms with van der Waals surface area (Å²) in [5.74, 6) is 0.617. The zero-order chi connectivity index (χ0) is 27.0. The van der Waals surface area contributed by atoms with E-state index >= 15 is 0 Å². The number of fused-ring (bicyclic) bond motifs is 1. The quantitative estimate of drug-likeness (QED) is 0.291. The van der Waals surface area contributed by atoms with Crippen LogP contribution >= 0.6 is 15.9 Å². The number of nitrogens with zero attached hydrogens (tertiary/aromatic N) is 3. The van der Waals surface area contributed by atoms with Crippen molar-refractivity contribution in [3.8, 4) is 17.0 Å². The molecule has 0 saturated heterocycles. The van der Waals surface area contributed by atoms with Gasteiger partial charge in [-0.25, -0.2) is 4.98 Å². The summed E-state index contributed by atoms with van der Waals surface area (Å²) in [6, 6.07) is 28.4. The maximum absolute atomic E-state index is 13.8. The third-order valence-corrected chi connectivity index (χ3v) is 7.55. The predicted molar refractivity (Wildman–Crippen MR) is 160 cm³/mol. The number of methoxy groups -OCH3 is 1. The normalized spacial score (nSPS) is 14.6. The molecule has 0 unspecified atom stereocenters. The van der Waals surface area contributed by atoms with Gasteiger partial charge in [0.2, 0.25) is 5.88 Å². The molecule has 1 aliphatic heterocycles. The SMILES string of the molecule is COc1ccc(-c2ccc3c(c2)CN(C(=O)c2ccc(Br)cc2)CCN(Cc2ccccc2)CCCN3)cn1. The largest absolute Gasteiger partial charge is 0.481 e. The monoisotopic (exact) mass is 584 g/mol. The first-order valence-corrected chi connectivity index (χ1v) is 14.1. The van der Waals surface area contributed by atoms with Crippen LogP contribution in [0.4, 0.5) is 5.69 Å². The van der Waals surface area contributed by atoms with E-state index in [-0.39, 0.29) is 5.91 Å². The second-order valence-electron chi connectivity index (χ2n) is 9.74. The van der Waals surface area contributed by atoms with Crippen LogP contribution in [0.1, 0.15) is 27.9 Å². The highest BCUT2D eigenvalue weighted by molar-refractivity contribution is 9.10. The fourth-order valence-corrected chi connectivity index (χ4v) is 5.15. The number of hydrogen-bond acceptors (Lipinski definition) is 5. The summed E-state index contributed by atoms with van der Waals surface area (Å²) in [6.45, 7) is 4.62. The molecule has 0 aliphatic carbocycles. The fourth-order valence-electron chi connectivity index (χ4n) is 4.88. The van der Waals surface area contributed by atoms with E-state index in [2.05, 4.69) is 73.6 Å². The van der Waals surface area contributed by atoms with E-state index in [9.17, 15) is 4.79 Å². The van der Waals surface area contributed by atoms with Gasteiger partial charge in [-0.15, -0.1) is 0 Å². The zero-order valence-electron chi connectivity index (χ0n) is 22.1. The van der Waals surface area contributed by atoms with Gasteiger partial charge in [0.25, 0.3) is 5.91 Å². The summed E-state index contributed by atoms with van der Waals surface area (Å²) in [7, 11) is 1.62. The number of nitrogens with one attached hydrogen (secondary N) is 1. The molecule has 200 valence electrons. The second-order valence-corrected chi connectivity index (χ2v) is 10.7. The fraction of sp³-hybridized carbons (Fsp3) is 0.250. The molecular weight excluding hydrogens is 552 g/mol. The molecule has 0 bridgehead atoms. The van der Waals surface area contributed by atoms with Crippen molar-refractivity contribution in [2.45, 2.75) is 19.5 Å². The highest BCUT2D eigenvalue weighted by Crippen LogP contribution is 2.28. The first-order valence-electron chi connectivity index (χ1n) is 13.3. The summed E-state index contributed by atoms with van der Waals surface area (Å²) in [4.78, 5) is 22.6. The molecule has 0 atom stereocenters. The number of amides is 1. The minimum atomic E-state index is 0.0314. The van der Waals surface area contributed by atoms with Crippen molar-refractivity contribution in [1.29, 1.82) is 0 Å². The Labute approximate surface area is 238 Å². The smallest absolute Gasteiger partial charge is 0.254 e. The number of halogens is 1. The average Bonchev–Trinajstić information content (AvgIpc) is 3.01. The lowest BCUT2D eigenvalue weighted by Gasteiger charge is -2.28. The first kappa shape index (κ1) is 26.9. The predicted octanol–water partition coefficient (Wildman–Crippen LogP) is 6.48. The number of hydrogen-bond donors (Lipinski definition) is 1. The molecule has 6 nitrogen and oxygen atoms in total. The van der Waals surface area contributed by atoms with Crippen molar-refractivity contribution in [1.82, 2.24) is 14.8 Å². The van der Waals surface area contributed by atoms with Crippen LogP contribution in [-0.4, -0.2) is 54.0 Å². The highest BCUT2D eigenvalue weighted by atomic mass is 79.9. The maximum atomic E-state index is 13.8. The second kappa shape index (κ2) is 12.9. The van der Waals surface area contributed by atoms with Crippen molar-refractivity contribution in [2.75, 3.05) is 38.6 Å². The molecule has 3 aromatic carbocycles. The van der Waals surface area contributed by atoms with Crippen LogP contribution in [0, 0.1) is 0 Å². The van der Waals surface area contributed by atoms with E-state index in [1.807, 2.05) is 53.6 Å². The van der Waals surface area contributed by atoms with Gasteiger partial charge < -0.3 is 15.0 Å². The van der Waals surface area contributed by atoms with E-state index < -0.39 is 0 Å². The topological polar surface area (TPSA) is 57.7 Å². The molecule has 5 rings (SSSR count).